The van der Waals surface area contributed by atoms with E-state index in [-0.39, 0.29) is 22.9 Å². The zero-order valence-corrected chi connectivity index (χ0v) is 17.4. The van der Waals surface area contributed by atoms with Gasteiger partial charge in [0.2, 0.25) is 0 Å². The summed E-state index contributed by atoms with van der Waals surface area (Å²) in [5.74, 6) is 0.0171. The normalized spacial score (nSPS) is 19.5. The van der Waals surface area contributed by atoms with Gasteiger partial charge < -0.3 is 25.0 Å². The number of nitrogen functional groups attached to an aromatic ring is 1. The standard InChI is InChI=1S/C21H31F2N3O3/c1-20(2,3)29-19(27)26-12-8-21(9-13-26)6-10-25(11-7-21)15-4-5-16(24)17(14-15)28-18(22)23/h4-5,14,18H,6-13,24H2,1-3H3. The molecule has 0 atom stereocenters. The summed E-state index contributed by atoms with van der Waals surface area (Å²) in [5, 5.41) is 0. The van der Waals surface area contributed by atoms with E-state index in [4.69, 9.17) is 10.5 Å². The zero-order chi connectivity index (χ0) is 21.2. The summed E-state index contributed by atoms with van der Waals surface area (Å²) in [7, 11) is 0. The third kappa shape index (κ3) is 5.42. The number of likely N-dealkylation sites (tertiary alicyclic amines) is 1. The van der Waals surface area contributed by atoms with E-state index in [0.29, 0.717) is 13.1 Å². The summed E-state index contributed by atoms with van der Waals surface area (Å²) in [6.07, 6.45) is 3.69. The maximum Gasteiger partial charge on any atom is 0.410 e. The van der Waals surface area contributed by atoms with E-state index < -0.39 is 12.2 Å². The van der Waals surface area contributed by atoms with Crippen LogP contribution in [0.3, 0.4) is 0 Å². The van der Waals surface area contributed by atoms with Crippen molar-refractivity contribution in [1.29, 1.82) is 0 Å². The zero-order valence-electron chi connectivity index (χ0n) is 17.4. The fraction of sp³-hybridized carbons (Fsp3) is 0.667. The molecule has 8 heteroatoms. The lowest BCUT2D eigenvalue weighted by Crippen LogP contribution is -2.49. The van der Waals surface area contributed by atoms with Crippen LogP contribution in [0.2, 0.25) is 0 Å². The molecule has 0 aromatic heterocycles. The number of nitrogens with two attached hydrogens (primary N) is 1. The summed E-state index contributed by atoms with van der Waals surface area (Å²) in [4.78, 5) is 16.3. The Balaban J connectivity index is 1.55. The number of carbonyl (C=O) groups is 1. The lowest BCUT2D eigenvalue weighted by Gasteiger charge is -2.47. The molecule has 1 spiro atoms. The Kier molecular flexibility index (Phi) is 6.10. The number of ether oxygens (including phenoxy) is 2. The van der Waals surface area contributed by atoms with Gasteiger partial charge in [-0.25, -0.2) is 4.79 Å². The Bertz CT molecular complexity index is 718. The second kappa shape index (κ2) is 8.24. The van der Waals surface area contributed by atoms with E-state index in [2.05, 4.69) is 9.64 Å². The number of nitrogens with zero attached hydrogens (tertiary/aromatic N) is 2. The molecule has 2 N–H and O–H groups in total. The molecule has 0 saturated carbocycles. The van der Waals surface area contributed by atoms with E-state index in [1.165, 1.54) is 0 Å². The summed E-state index contributed by atoms with van der Waals surface area (Å²) in [6.45, 7) is 5.83. The number of amides is 1. The third-order valence-corrected chi connectivity index (χ3v) is 5.88. The first-order valence-corrected chi connectivity index (χ1v) is 10.1. The molecule has 2 saturated heterocycles. The average molecular weight is 411 g/mol. The molecule has 2 aliphatic rings. The lowest BCUT2D eigenvalue weighted by molar-refractivity contribution is -0.0493. The minimum atomic E-state index is -2.90. The molecular formula is C21H31F2N3O3. The summed E-state index contributed by atoms with van der Waals surface area (Å²) < 4.78 is 35.1. The average Bonchev–Trinajstić information content (AvgIpc) is 2.63. The second-order valence-corrected chi connectivity index (χ2v) is 9.06. The Hall–Kier alpha value is -2.25. The van der Waals surface area contributed by atoms with Gasteiger partial charge in [-0.2, -0.15) is 8.78 Å². The van der Waals surface area contributed by atoms with E-state index in [0.717, 1.165) is 44.5 Å². The van der Waals surface area contributed by atoms with Crippen LogP contribution in [-0.4, -0.2) is 49.4 Å². The first-order chi connectivity index (χ1) is 13.6. The van der Waals surface area contributed by atoms with Crippen LogP contribution in [0.4, 0.5) is 25.0 Å². The number of alkyl halides is 2. The van der Waals surface area contributed by atoms with Crippen molar-refractivity contribution in [2.45, 2.75) is 58.7 Å². The molecule has 1 aromatic rings. The molecule has 2 heterocycles. The van der Waals surface area contributed by atoms with Crippen molar-refractivity contribution in [3.8, 4) is 5.75 Å². The van der Waals surface area contributed by atoms with Crippen molar-refractivity contribution in [3.05, 3.63) is 18.2 Å². The number of hydrogen-bond acceptors (Lipinski definition) is 5. The van der Waals surface area contributed by atoms with Crippen molar-refractivity contribution in [3.63, 3.8) is 0 Å². The molecule has 2 aliphatic heterocycles. The van der Waals surface area contributed by atoms with Crippen LogP contribution in [-0.2, 0) is 4.74 Å². The van der Waals surface area contributed by atoms with Gasteiger partial charge in [0.15, 0.2) is 5.75 Å². The number of halogens is 2. The van der Waals surface area contributed by atoms with E-state index >= 15 is 0 Å². The molecule has 29 heavy (non-hydrogen) atoms. The number of anilines is 2. The Labute approximate surface area is 170 Å². The highest BCUT2D eigenvalue weighted by atomic mass is 19.3. The second-order valence-electron chi connectivity index (χ2n) is 9.06. The van der Waals surface area contributed by atoms with Crippen molar-refractivity contribution in [2.75, 3.05) is 36.8 Å². The predicted octanol–water partition coefficient (Wildman–Crippen LogP) is 4.49. The first-order valence-electron chi connectivity index (χ1n) is 10.1. The van der Waals surface area contributed by atoms with E-state index in [1.54, 1.807) is 17.0 Å². The highest BCUT2D eigenvalue weighted by Gasteiger charge is 2.39. The molecule has 1 amide bonds. The van der Waals surface area contributed by atoms with Gasteiger partial charge in [-0.1, -0.05) is 0 Å². The van der Waals surface area contributed by atoms with Crippen LogP contribution >= 0.6 is 0 Å². The Morgan fingerprint density at radius 1 is 1.10 bits per heavy atom. The number of piperidine rings is 2. The highest BCUT2D eigenvalue weighted by molar-refractivity contribution is 5.68. The molecule has 162 valence electrons. The molecule has 0 bridgehead atoms. The van der Waals surface area contributed by atoms with Gasteiger partial charge in [0.05, 0.1) is 5.69 Å². The van der Waals surface area contributed by atoms with E-state index in [9.17, 15) is 13.6 Å². The molecule has 0 unspecified atom stereocenters. The van der Waals surface area contributed by atoms with Crippen molar-refractivity contribution >= 4 is 17.5 Å². The predicted molar refractivity (Wildman–Crippen MR) is 108 cm³/mol. The van der Waals surface area contributed by atoms with Gasteiger partial charge in [-0.05, 0) is 64.0 Å². The fourth-order valence-electron chi connectivity index (χ4n) is 4.15. The number of rotatable bonds is 3. The quantitative estimate of drug-likeness (QED) is 0.743. The molecule has 6 nitrogen and oxygen atoms in total. The van der Waals surface area contributed by atoms with Crippen LogP contribution in [0.25, 0.3) is 0 Å². The maximum atomic E-state index is 12.6. The summed E-state index contributed by atoms with van der Waals surface area (Å²) in [5.41, 5.74) is 6.53. The minimum absolute atomic E-state index is 0.0171. The molecule has 1 aromatic carbocycles. The SMILES string of the molecule is CC(C)(C)OC(=O)N1CCC2(CC1)CCN(c1ccc(N)c(OC(F)F)c1)CC2. The van der Waals surface area contributed by atoms with Gasteiger partial charge >= 0.3 is 12.7 Å². The van der Waals surface area contributed by atoms with Gasteiger partial charge in [-0.3, -0.25) is 0 Å². The number of hydrogen-bond donors (Lipinski definition) is 1. The Morgan fingerprint density at radius 3 is 2.24 bits per heavy atom. The highest BCUT2D eigenvalue weighted by Crippen LogP contribution is 2.43. The molecular weight excluding hydrogens is 380 g/mol. The van der Waals surface area contributed by atoms with Gasteiger partial charge in [-0.15, -0.1) is 0 Å². The topological polar surface area (TPSA) is 68.0 Å². The van der Waals surface area contributed by atoms with Crippen LogP contribution in [0.1, 0.15) is 46.5 Å². The number of carbonyl (C=O) groups excluding carboxylic acids is 1. The molecule has 0 radical (unpaired) electrons. The van der Waals surface area contributed by atoms with E-state index in [1.807, 2.05) is 26.8 Å². The third-order valence-electron chi connectivity index (χ3n) is 5.88. The summed E-state index contributed by atoms with van der Waals surface area (Å²) in [6, 6.07) is 5.04. The Morgan fingerprint density at radius 2 is 1.69 bits per heavy atom. The van der Waals surface area contributed by atoms with Crippen molar-refractivity contribution in [2.24, 2.45) is 5.41 Å². The van der Waals surface area contributed by atoms with Crippen LogP contribution in [0, 0.1) is 5.41 Å². The first kappa shape index (κ1) is 21.5. The van der Waals surface area contributed by atoms with Gasteiger partial charge in [0.25, 0.3) is 0 Å². The summed E-state index contributed by atoms with van der Waals surface area (Å²) >= 11 is 0. The van der Waals surface area contributed by atoms with Crippen molar-refractivity contribution < 1.29 is 23.0 Å². The maximum absolute atomic E-state index is 12.6. The molecule has 2 fully saturated rings. The van der Waals surface area contributed by atoms with Crippen LogP contribution in [0.5, 0.6) is 5.75 Å². The lowest BCUT2D eigenvalue weighted by atomic mass is 9.71. The van der Waals surface area contributed by atoms with Crippen LogP contribution in [0.15, 0.2) is 18.2 Å². The molecule has 0 aliphatic carbocycles. The van der Waals surface area contributed by atoms with Gasteiger partial charge in [0, 0.05) is 37.9 Å². The van der Waals surface area contributed by atoms with Crippen molar-refractivity contribution in [1.82, 2.24) is 4.90 Å². The number of benzene rings is 1. The minimum Gasteiger partial charge on any atom is -0.444 e. The fourth-order valence-corrected chi connectivity index (χ4v) is 4.15. The van der Waals surface area contributed by atoms with Crippen LogP contribution < -0.4 is 15.4 Å². The van der Waals surface area contributed by atoms with Gasteiger partial charge in [0.1, 0.15) is 5.60 Å². The smallest absolute Gasteiger partial charge is 0.410 e. The largest absolute Gasteiger partial charge is 0.444 e. The molecule has 3 rings (SSSR count). The monoisotopic (exact) mass is 411 g/mol.